The maximum atomic E-state index is 13.4. The van der Waals surface area contributed by atoms with E-state index in [1.54, 1.807) is 12.1 Å². The normalized spacial score (nSPS) is 15.7. The quantitative estimate of drug-likeness (QED) is 0.543. The summed E-state index contributed by atoms with van der Waals surface area (Å²) < 4.78 is 5.61. The van der Waals surface area contributed by atoms with Crippen LogP contribution in [0.2, 0.25) is 0 Å². The third-order valence-corrected chi connectivity index (χ3v) is 5.72. The fourth-order valence-electron chi connectivity index (χ4n) is 4.18. The molecule has 0 N–H and O–H groups in total. The third kappa shape index (κ3) is 4.89. The Balaban J connectivity index is 1.60. The topological polar surface area (TPSA) is 45.1 Å². The molecule has 0 fully saturated rings. The van der Waals surface area contributed by atoms with Gasteiger partial charge in [0.2, 0.25) is 0 Å². The van der Waals surface area contributed by atoms with E-state index in [0.29, 0.717) is 13.0 Å². The number of carbonyl (C=O) groups excluding carboxylic acids is 1. The Hall–Kier alpha value is -3.44. The number of methoxy groups -OCH3 is 1. The Labute approximate surface area is 189 Å². The van der Waals surface area contributed by atoms with Gasteiger partial charge in [-0.3, -0.25) is 9.69 Å². The zero-order chi connectivity index (χ0) is 22.5. The van der Waals surface area contributed by atoms with Gasteiger partial charge in [0.25, 0.3) is 5.91 Å². The van der Waals surface area contributed by atoms with E-state index < -0.39 is 0 Å². The summed E-state index contributed by atoms with van der Waals surface area (Å²) in [6.07, 6.45) is 0.651. The SMILES string of the molecule is COc1ccccc1C1CC(c2cccc(C)c2)=NN1C(=O)CN(C)Cc1ccccc1. The van der Waals surface area contributed by atoms with Gasteiger partial charge in [0.15, 0.2) is 0 Å². The second kappa shape index (κ2) is 9.79. The number of aryl methyl sites for hydroxylation is 1. The first-order valence-corrected chi connectivity index (χ1v) is 10.9. The summed E-state index contributed by atoms with van der Waals surface area (Å²) >= 11 is 0. The number of amides is 1. The van der Waals surface area contributed by atoms with E-state index in [4.69, 9.17) is 9.84 Å². The third-order valence-electron chi connectivity index (χ3n) is 5.72. The molecule has 0 aromatic heterocycles. The van der Waals surface area contributed by atoms with Gasteiger partial charge in [-0.2, -0.15) is 5.10 Å². The van der Waals surface area contributed by atoms with Crippen molar-refractivity contribution >= 4 is 11.6 Å². The molecule has 164 valence electrons. The van der Waals surface area contributed by atoms with Crippen molar-refractivity contribution in [3.63, 3.8) is 0 Å². The number of hydrazone groups is 1. The minimum absolute atomic E-state index is 0.0259. The lowest BCUT2D eigenvalue weighted by Gasteiger charge is -2.25. The molecule has 1 aliphatic rings. The van der Waals surface area contributed by atoms with Crippen LogP contribution in [0.15, 0.2) is 84.0 Å². The van der Waals surface area contributed by atoms with Crippen molar-refractivity contribution in [2.45, 2.75) is 25.9 Å². The van der Waals surface area contributed by atoms with Gasteiger partial charge >= 0.3 is 0 Å². The number of hydrogen-bond acceptors (Lipinski definition) is 4. The van der Waals surface area contributed by atoms with Crippen molar-refractivity contribution in [3.8, 4) is 5.75 Å². The van der Waals surface area contributed by atoms with Crippen molar-refractivity contribution < 1.29 is 9.53 Å². The summed E-state index contributed by atoms with van der Waals surface area (Å²) in [7, 11) is 3.63. The molecule has 0 radical (unpaired) electrons. The number of benzene rings is 3. The summed E-state index contributed by atoms with van der Waals surface area (Å²) in [5, 5.41) is 6.46. The van der Waals surface area contributed by atoms with Crippen LogP contribution in [0.25, 0.3) is 0 Å². The van der Waals surface area contributed by atoms with Crippen LogP contribution in [0.5, 0.6) is 5.75 Å². The fourth-order valence-corrected chi connectivity index (χ4v) is 4.18. The molecule has 1 atom stereocenters. The first-order valence-electron chi connectivity index (χ1n) is 10.9. The molecule has 1 amide bonds. The largest absolute Gasteiger partial charge is 0.496 e. The molecular formula is C27H29N3O2. The Morgan fingerprint density at radius 1 is 1.06 bits per heavy atom. The predicted molar refractivity (Wildman–Crippen MR) is 128 cm³/mol. The van der Waals surface area contributed by atoms with Gasteiger partial charge in [-0.1, -0.05) is 78.4 Å². The minimum atomic E-state index is -0.195. The molecule has 1 heterocycles. The Morgan fingerprint density at radius 2 is 1.81 bits per heavy atom. The first kappa shape index (κ1) is 21.8. The van der Waals surface area contributed by atoms with E-state index in [1.807, 2.05) is 60.5 Å². The van der Waals surface area contributed by atoms with Crippen molar-refractivity contribution in [3.05, 3.63) is 101 Å². The average molecular weight is 428 g/mol. The zero-order valence-corrected chi connectivity index (χ0v) is 18.9. The van der Waals surface area contributed by atoms with Gasteiger partial charge in [0, 0.05) is 18.5 Å². The molecule has 0 bridgehead atoms. The van der Waals surface area contributed by atoms with Gasteiger partial charge in [-0.25, -0.2) is 5.01 Å². The summed E-state index contributed by atoms with van der Waals surface area (Å²) in [5.74, 6) is 0.746. The molecule has 0 spiro atoms. The lowest BCUT2D eigenvalue weighted by molar-refractivity contribution is -0.134. The van der Waals surface area contributed by atoms with E-state index in [-0.39, 0.29) is 18.5 Å². The van der Waals surface area contributed by atoms with Crippen molar-refractivity contribution in [2.75, 3.05) is 20.7 Å². The number of rotatable bonds is 7. The molecule has 1 aliphatic heterocycles. The van der Waals surface area contributed by atoms with Gasteiger partial charge < -0.3 is 4.74 Å². The molecular weight excluding hydrogens is 398 g/mol. The minimum Gasteiger partial charge on any atom is -0.496 e. The predicted octanol–water partition coefficient (Wildman–Crippen LogP) is 4.81. The molecule has 0 saturated heterocycles. The highest BCUT2D eigenvalue weighted by atomic mass is 16.5. The summed E-state index contributed by atoms with van der Waals surface area (Å²) in [4.78, 5) is 15.4. The van der Waals surface area contributed by atoms with Crippen LogP contribution in [0.3, 0.4) is 0 Å². The maximum absolute atomic E-state index is 13.4. The highest BCUT2D eigenvalue weighted by Gasteiger charge is 2.35. The van der Waals surface area contributed by atoms with Crippen LogP contribution in [-0.2, 0) is 11.3 Å². The van der Waals surface area contributed by atoms with Crippen molar-refractivity contribution in [2.24, 2.45) is 5.10 Å². The lowest BCUT2D eigenvalue weighted by atomic mass is 9.97. The van der Waals surface area contributed by atoms with Crippen LogP contribution < -0.4 is 4.74 Å². The van der Waals surface area contributed by atoms with Gasteiger partial charge in [-0.15, -0.1) is 0 Å². The Morgan fingerprint density at radius 3 is 2.56 bits per heavy atom. The van der Waals surface area contributed by atoms with Crippen molar-refractivity contribution in [1.82, 2.24) is 9.91 Å². The van der Waals surface area contributed by atoms with Crippen LogP contribution in [0, 0.1) is 6.92 Å². The molecule has 3 aromatic carbocycles. The number of ether oxygens (including phenoxy) is 1. The average Bonchev–Trinajstić information content (AvgIpc) is 3.25. The number of para-hydroxylation sites is 1. The van der Waals surface area contributed by atoms with Crippen LogP contribution >= 0.6 is 0 Å². The van der Waals surface area contributed by atoms with E-state index in [0.717, 1.165) is 22.6 Å². The summed E-state index contributed by atoms with van der Waals surface area (Å²) in [6, 6.07) is 26.1. The van der Waals surface area contributed by atoms with E-state index in [2.05, 4.69) is 37.3 Å². The molecule has 32 heavy (non-hydrogen) atoms. The molecule has 1 unspecified atom stereocenters. The molecule has 4 rings (SSSR count). The first-order chi connectivity index (χ1) is 15.5. The molecule has 5 nitrogen and oxygen atoms in total. The Bertz CT molecular complexity index is 1110. The zero-order valence-electron chi connectivity index (χ0n) is 18.9. The highest BCUT2D eigenvalue weighted by molar-refractivity contribution is 6.03. The highest BCUT2D eigenvalue weighted by Crippen LogP contribution is 2.37. The number of likely N-dealkylation sites (N-methyl/N-ethyl adjacent to an activating group) is 1. The maximum Gasteiger partial charge on any atom is 0.257 e. The van der Waals surface area contributed by atoms with Crippen molar-refractivity contribution in [1.29, 1.82) is 0 Å². The standard InChI is InChI=1S/C27H29N3O2/c1-20-10-9-13-22(16-20)24-17-25(23-14-7-8-15-26(23)32-3)30(28-24)27(31)19-29(2)18-21-11-5-4-6-12-21/h4-16,25H,17-19H2,1-3H3. The molecule has 0 aliphatic carbocycles. The van der Waals surface area contributed by atoms with E-state index >= 15 is 0 Å². The smallest absolute Gasteiger partial charge is 0.257 e. The summed E-state index contributed by atoms with van der Waals surface area (Å²) in [5.41, 5.74) is 5.29. The number of carbonyl (C=O) groups is 1. The Kier molecular flexibility index (Phi) is 6.66. The van der Waals surface area contributed by atoms with Crippen LogP contribution in [0.1, 0.15) is 34.7 Å². The fraction of sp³-hybridized carbons (Fsp3) is 0.259. The lowest BCUT2D eigenvalue weighted by Crippen LogP contribution is -2.36. The summed E-state index contributed by atoms with van der Waals surface area (Å²) in [6.45, 7) is 3.05. The van der Waals surface area contributed by atoms with Crippen LogP contribution in [0.4, 0.5) is 0 Å². The van der Waals surface area contributed by atoms with Gasteiger partial charge in [-0.05, 0) is 31.2 Å². The van der Waals surface area contributed by atoms with Gasteiger partial charge in [0.05, 0.1) is 25.4 Å². The monoisotopic (exact) mass is 427 g/mol. The number of nitrogens with zero attached hydrogens (tertiary/aromatic N) is 3. The molecule has 0 saturated carbocycles. The molecule has 5 heteroatoms. The molecule has 3 aromatic rings. The van der Waals surface area contributed by atoms with Gasteiger partial charge in [0.1, 0.15) is 5.75 Å². The van der Waals surface area contributed by atoms with E-state index in [9.17, 15) is 4.79 Å². The number of hydrogen-bond donors (Lipinski definition) is 0. The second-order valence-electron chi connectivity index (χ2n) is 8.27. The second-order valence-corrected chi connectivity index (χ2v) is 8.27. The van der Waals surface area contributed by atoms with Crippen LogP contribution in [-0.4, -0.2) is 42.2 Å². The van der Waals surface area contributed by atoms with E-state index in [1.165, 1.54) is 11.1 Å².